The van der Waals surface area contributed by atoms with Crippen molar-refractivity contribution in [3.63, 3.8) is 0 Å². The van der Waals surface area contributed by atoms with Crippen molar-refractivity contribution in [2.24, 2.45) is 0 Å². The second-order valence-electron chi connectivity index (χ2n) is 7.43. The van der Waals surface area contributed by atoms with Crippen LogP contribution in [0, 0.1) is 0 Å². The maximum absolute atomic E-state index is 13.0. The Hall–Kier alpha value is -3.05. The summed E-state index contributed by atoms with van der Waals surface area (Å²) in [5.41, 5.74) is 1.93. The van der Waals surface area contributed by atoms with Crippen LogP contribution in [0.2, 0.25) is 0 Å². The largest absolute Gasteiger partial charge is 0.490 e. The van der Waals surface area contributed by atoms with E-state index >= 15 is 0 Å². The van der Waals surface area contributed by atoms with Crippen molar-refractivity contribution in [1.82, 2.24) is 4.90 Å². The fourth-order valence-corrected chi connectivity index (χ4v) is 4.34. The molecular weight excluding hydrogens is 394 g/mol. The zero-order valence-electron chi connectivity index (χ0n) is 17.0. The fourth-order valence-electron chi connectivity index (χ4n) is 3.49. The second-order valence-corrected chi connectivity index (χ2v) is 8.43. The van der Waals surface area contributed by atoms with Crippen LogP contribution in [0.5, 0.6) is 5.75 Å². The van der Waals surface area contributed by atoms with Gasteiger partial charge in [0.2, 0.25) is 0 Å². The molecule has 0 bridgehead atoms. The predicted molar refractivity (Wildman–Crippen MR) is 123 cm³/mol. The average Bonchev–Trinajstić information content (AvgIpc) is 3.01. The summed E-state index contributed by atoms with van der Waals surface area (Å²) in [7, 11) is 0. The van der Waals surface area contributed by atoms with Crippen LogP contribution in [-0.4, -0.2) is 28.7 Å². The minimum Gasteiger partial charge on any atom is -0.490 e. The van der Waals surface area contributed by atoms with Gasteiger partial charge in [-0.05, 0) is 60.5 Å². The summed E-state index contributed by atoms with van der Waals surface area (Å²) in [5.74, 6) is 0.462. The van der Waals surface area contributed by atoms with Gasteiger partial charge in [-0.15, -0.1) is 0 Å². The molecule has 0 spiro atoms. The van der Waals surface area contributed by atoms with Gasteiger partial charge in [-0.2, -0.15) is 0 Å². The van der Waals surface area contributed by atoms with Crippen molar-refractivity contribution >= 4 is 39.8 Å². The minimum absolute atomic E-state index is 0.000697. The highest BCUT2D eigenvalue weighted by molar-refractivity contribution is 8.18. The van der Waals surface area contributed by atoms with Gasteiger partial charge in [-0.25, -0.2) is 0 Å². The molecule has 1 aliphatic rings. The van der Waals surface area contributed by atoms with E-state index in [9.17, 15) is 9.59 Å². The van der Waals surface area contributed by atoms with E-state index in [4.69, 9.17) is 4.74 Å². The molecule has 4 nitrogen and oxygen atoms in total. The Morgan fingerprint density at radius 1 is 0.967 bits per heavy atom. The maximum Gasteiger partial charge on any atom is 0.293 e. The molecule has 30 heavy (non-hydrogen) atoms. The van der Waals surface area contributed by atoms with E-state index in [1.807, 2.05) is 80.6 Å². The van der Waals surface area contributed by atoms with Crippen molar-refractivity contribution in [3.8, 4) is 5.75 Å². The molecule has 4 rings (SSSR count). The third-order valence-electron chi connectivity index (χ3n) is 4.91. The molecule has 0 aromatic heterocycles. The van der Waals surface area contributed by atoms with Gasteiger partial charge >= 0.3 is 0 Å². The Kier molecular flexibility index (Phi) is 5.91. The third kappa shape index (κ3) is 4.26. The van der Waals surface area contributed by atoms with Crippen LogP contribution in [0.1, 0.15) is 25.0 Å². The van der Waals surface area contributed by atoms with Crippen molar-refractivity contribution in [2.45, 2.75) is 26.4 Å². The van der Waals surface area contributed by atoms with E-state index in [0.717, 1.165) is 33.7 Å². The molecule has 0 N–H and O–H groups in total. The first-order valence-corrected chi connectivity index (χ1v) is 10.8. The zero-order valence-corrected chi connectivity index (χ0v) is 17.8. The van der Waals surface area contributed by atoms with Crippen LogP contribution in [0.15, 0.2) is 71.6 Å². The fraction of sp³-hybridized carbons (Fsp3) is 0.200. The summed E-state index contributed by atoms with van der Waals surface area (Å²) < 4.78 is 5.99. The molecule has 0 radical (unpaired) electrons. The molecule has 0 aliphatic carbocycles. The number of fused-ring (bicyclic) bond motifs is 1. The summed E-state index contributed by atoms with van der Waals surface area (Å²) in [6.07, 6.45) is 2.44. The van der Waals surface area contributed by atoms with Gasteiger partial charge in [-0.1, -0.05) is 60.7 Å². The molecule has 0 atom stereocenters. The SMILES string of the molecule is CC(C)Oc1ccc2ccccc2c1/C=C1/SC(=O)N(CCc2ccccc2)C1=O. The van der Waals surface area contributed by atoms with Crippen molar-refractivity contribution in [3.05, 3.63) is 82.8 Å². The standard InChI is InChI=1S/C25H23NO3S/c1-17(2)29-22-13-12-19-10-6-7-11-20(19)21(22)16-23-24(27)26(25(28)30-23)15-14-18-8-4-3-5-9-18/h3-13,16-17H,14-15H2,1-2H3/b23-16+. The van der Waals surface area contributed by atoms with E-state index < -0.39 is 0 Å². The molecule has 1 fully saturated rings. The highest BCUT2D eigenvalue weighted by atomic mass is 32.2. The highest BCUT2D eigenvalue weighted by Crippen LogP contribution is 2.37. The number of carbonyl (C=O) groups is 2. The van der Waals surface area contributed by atoms with Crippen LogP contribution >= 0.6 is 11.8 Å². The summed E-state index contributed by atoms with van der Waals surface area (Å²) in [5, 5.41) is 1.82. The van der Waals surface area contributed by atoms with Crippen LogP contribution in [0.3, 0.4) is 0 Å². The molecule has 3 aromatic rings. The van der Waals surface area contributed by atoms with Gasteiger partial charge in [-0.3, -0.25) is 14.5 Å². The van der Waals surface area contributed by atoms with E-state index in [-0.39, 0.29) is 17.3 Å². The molecule has 2 amide bonds. The summed E-state index contributed by atoms with van der Waals surface area (Å²) in [4.78, 5) is 27.3. The van der Waals surface area contributed by atoms with Crippen molar-refractivity contribution in [1.29, 1.82) is 0 Å². The van der Waals surface area contributed by atoms with Crippen molar-refractivity contribution in [2.75, 3.05) is 6.54 Å². The normalized spacial score (nSPS) is 15.6. The van der Waals surface area contributed by atoms with Gasteiger partial charge in [0.25, 0.3) is 11.1 Å². The molecule has 1 saturated heterocycles. The number of hydrogen-bond acceptors (Lipinski definition) is 4. The molecule has 0 unspecified atom stereocenters. The van der Waals surface area contributed by atoms with E-state index in [1.54, 1.807) is 6.08 Å². The Morgan fingerprint density at radius 3 is 2.47 bits per heavy atom. The van der Waals surface area contributed by atoms with Gasteiger partial charge in [0, 0.05) is 12.1 Å². The van der Waals surface area contributed by atoms with Gasteiger partial charge in [0.1, 0.15) is 5.75 Å². The predicted octanol–water partition coefficient (Wildman–Crippen LogP) is 5.91. The molecular formula is C25H23NO3S. The van der Waals surface area contributed by atoms with Gasteiger partial charge in [0.15, 0.2) is 0 Å². The van der Waals surface area contributed by atoms with Crippen LogP contribution in [0.4, 0.5) is 4.79 Å². The van der Waals surface area contributed by atoms with E-state index in [2.05, 4.69) is 0 Å². The summed E-state index contributed by atoms with van der Waals surface area (Å²) >= 11 is 0.991. The highest BCUT2D eigenvalue weighted by Gasteiger charge is 2.35. The summed E-state index contributed by atoms with van der Waals surface area (Å²) in [6.45, 7) is 4.31. The quantitative estimate of drug-likeness (QED) is 0.468. The number of imide groups is 1. The van der Waals surface area contributed by atoms with E-state index in [0.29, 0.717) is 23.6 Å². The number of nitrogens with zero attached hydrogens (tertiary/aromatic N) is 1. The lowest BCUT2D eigenvalue weighted by Crippen LogP contribution is -2.30. The lowest BCUT2D eigenvalue weighted by atomic mass is 10.0. The Bertz CT molecular complexity index is 1120. The van der Waals surface area contributed by atoms with Crippen molar-refractivity contribution < 1.29 is 14.3 Å². The Balaban J connectivity index is 1.65. The minimum atomic E-state index is -0.246. The van der Waals surface area contributed by atoms with Gasteiger partial charge in [0.05, 0.1) is 11.0 Å². The van der Waals surface area contributed by atoms with Crippen LogP contribution in [-0.2, 0) is 11.2 Å². The third-order valence-corrected chi connectivity index (χ3v) is 5.82. The number of rotatable bonds is 6. The monoisotopic (exact) mass is 417 g/mol. The molecule has 5 heteroatoms. The average molecular weight is 418 g/mol. The van der Waals surface area contributed by atoms with E-state index in [1.165, 1.54) is 4.90 Å². The number of thioether (sulfide) groups is 1. The lowest BCUT2D eigenvalue weighted by molar-refractivity contribution is -0.122. The second kappa shape index (κ2) is 8.76. The molecule has 1 aliphatic heterocycles. The molecule has 3 aromatic carbocycles. The van der Waals surface area contributed by atoms with Crippen LogP contribution < -0.4 is 4.74 Å². The lowest BCUT2D eigenvalue weighted by Gasteiger charge is -2.15. The van der Waals surface area contributed by atoms with Crippen LogP contribution in [0.25, 0.3) is 16.8 Å². The number of hydrogen-bond donors (Lipinski definition) is 0. The Labute approximate surface area is 180 Å². The number of carbonyl (C=O) groups excluding carboxylic acids is 2. The molecule has 152 valence electrons. The Morgan fingerprint density at radius 2 is 1.70 bits per heavy atom. The first kappa shape index (κ1) is 20.2. The first-order valence-electron chi connectivity index (χ1n) is 10.0. The number of benzene rings is 3. The zero-order chi connectivity index (χ0) is 21.1. The molecule has 1 heterocycles. The van der Waals surface area contributed by atoms with Gasteiger partial charge < -0.3 is 4.74 Å². The smallest absolute Gasteiger partial charge is 0.293 e. The summed E-state index contributed by atoms with van der Waals surface area (Å²) in [6, 6.07) is 21.8. The first-order chi connectivity index (χ1) is 14.5. The number of amides is 2. The maximum atomic E-state index is 13.0. The molecule has 0 saturated carbocycles. The topological polar surface area (TPSA) is 46.6 Å². The number of ether oxygens (including phenoxy) is 1.